The summed E-state index contributed by atoms with van der Waals surface area (Å²) in [4.78, 5) is 11.6. The van der Waals surface area contributed by atoms with Crippen LogP contribution in [0.2, 0.25) is 0 Å². The maximum Gasteiger partial charge on any atom is 0.390 e. The molecule has 0 radical (unpaired) electrons. The first-order chi connectivity index (χ1) is 8.83. The molecule has 2 nitrogen and oxygen atoms in total. The minimum Gasteiger partial charge on any atom is -0.465 e. The lowest BCUT2D eigenvalue weighted by molar-refractivity contribution is -0.161. The molecule has 106 valence electrons. The van der Waals surface area contributed by atoms with Crippen molar-refractivity contribution in [3.05, 3.63) is 35.6 Å². The second kappa shape index (κ2) is 6.54. The third-order valence-corrected chi connectivity index (χ3v) is 2.44. The van der Waals surface area contributed by atoms with Crippen LogP contribution in [0.3, 0.4) is 0 Å². The van der Waals surface area contributed by atoms with E-state index in [1.807, 2.05) is 0 Å². The highest BCUT2D eigenvalue weighted by molar-refractivity contribution is 5.78. The van der Waals surface area contributed by atoms with Gasteiger partial charge in [0.15, 0.2) is 0 Å². The molecule has 6 heteroatoms. The van der Waals surface area contributed by atoms with Crippen LogP contribution in [-0.2, 0) is 9.53 Å². The van der Waals surface area contributed by atoms with Crippen molar-refractivity contribution in [2.24, 2.45) is 0 Å². The molecular weight excluding hydrogens is 264 g/mol. The second-order valence-corrected chi connectivity index (χ2v) is 4.09. The minimum atomic E-state index is -4.50. The molecular formula is C13H14F4O2. The Morgan fingerprint density at radius 2 is 1.84 bits per heavy atom. The summed E-state index contributed by atoms with van der Waals surface area (Å²) in [6.07, 6.45) is -5.29. The van der Waals surface area contributed by atoms with Gasteiger partial charge in [0.05, 0.1) is 18.9 Å². The fourth-order valence-corrected chi connectivity index (χ4v) is 1.57. The maximum atomic E-state index is 12.8. The number of carbonyl (C=O) groups excluding carboxylic acids is 1. The third kappa shape index (κ3) is 5.28. The van der Waals surface area contributed by atoms with Crippen molar-refractivity contribution >= 4 is 5.97 Å². The summed E-state index contributed by atoms with van der Waals surface area (Å²) in [7, 11) is 0. The molecule has 0 saturated heterocycles. The Labute approximate surface area is 108 Å². The second-order valence-electron chi connectivity index (χ2n) is 4.09. The molecule has 19 heavy (non-hydrogen) atoms. The SMILES string of the molecule is CCCOC(=O)C(CC(F)(F)F)c1ccc(F)cc1. The van der Waals surface area contributed by atoms with Crippen molar-refractivity contribution in [3.8, 4) is 0 Å². The number of alkyl halides is 3. The fourth-order valence-electron chi connectivity index (χ4n) is 1.57. The number of ether oxygens (including phenoxy) is 1. The van der Waals surface area contributed by atoms with Gasteiger partial charge in [-0.25, -0.2) is 4.39 Å². The van der Waals surface area contributed by atoms with Gasteiger partial charge in [-0.05, 0) is 24.1 Å². The maximum absolute atomic E-state index is 12.8. The Bertz CT molecular complexity index is 412. The summed E-state index contributed by atoms with van der Waals surface area (Å²) in [5.74, 6) is -2.96. The van der Waals surface area contributed by atoms with Crippen molar-refractivity contribution in [2.45, 2.75) is 31.9 Å². The van der Waals surface area contributed by atoms with Crippen LogP contribution in [0.25, 0.3) is 0 Å². The van der Waals surface area contributed by atoms with E-state index in [4.69, 9.17) is 4.74 Å². The van der Waals surface area contributed by atoms with Gasteiger partial charge in [0.25, 0.3) is 0 Å². The fraction of sp³-hybridized carbons (Fsp3) is 0.462. The lowest BCUT2D eigenvalue weighted by Gasteiger charge is -2.18. The predicted molar refractivity (Wildman–Crippen MR) is 61.1 cm³/mol. The molecule has 0 amide bonds. The first-order valence-corrected chi connectivity index (χ1v) is 5.82. The van der Waals surface area contributed by atoms with Gasteiger partial charge in [0.1, 0.15) is 5.82 Å². The van der Waals surface area contributed by atoms with Crippen molar-refractivity contribution in [3.63, 3.8) is 0 Å². The number of hydrogen-bond acceptors (Lipinski definition) is 2. The molecule has 0 fully saturated rings. The van der Waals surface area contributed by atoms with E-state index in [9.17, 15) is 22.4 Å². The van der Waals surface area contributed by atoms with Crippen molar-refractivity contribution in [1.29, 1.82) is 0 Å². The van der Waals surface area contributed by atoms with Crippen LogP contribution < -0.4 is 0 Å². The van der Waals surface area contributed by atoms with Gasteiger partial charge in [-0.3, -0.25) is 4.79 Å². The molecule has 0 aliphatic carbocycles. The first-order valence-electron chi connectivity index (χ1n) is 5.82. The zero-order chi connectivity index (χ0) is 14.5. The van der Waals surface area contributed by atoms with Crippen LogP contribution in [-0.4, -0.2) is 18.8 Å². The number of hydrogen-bond donors (Lipinski definition) is 0. The molecule has 0 aliphatic rings. The highest BCUT2D eigenvalue weighted by Crippen LogP contribution is 2.32. The minimum absolute atomic E-state index is 0.0639. The molecule has 1 aromatic carbocycles. The number of halogens is 4. The Hall–Kier alpha value is -1.59. The first kappa shape index (κ1) is 15.5. The number of esters is 1. The number of benzene rings is 1. The van der Waals surface area contributed by atoms with Crippen LogP contribution in [0.1, 0.15) is 31.2 Å². The number of carbonyl (C=O) groups is 1. The molecule has 0 bridgehead atoms. The van der Waals surface area contributed by atoms with E-state index >= 15 is 0 Å². The van der Waals surface area contributed by atoms with Gasteiger partial charge in [-0.15, -0.1) is 0 Å². The van der Waals surface area contributed by atoms with Crippen LogP contribution in [0.5, 0.6) is 0 Å². The lowest BCUT2D eigenvalue weighted by Crippen LogP contribution is -2.23. The average molecular weight is 278 g/mol. The van der Waals surface area contributed by atoms with Crippen molar-refractivity contribution in [1.82, 2.24) is 0 Å². The molecule has 0 saturated carbocycles. The molecule has 0 N–H and O–H groups in total. The molecule has 0 aliphatic heterocycles. The smallest absolute Gasteiger partial charge is 0.390 e. The van der Waals surface area contributed by atoms with Crippen molar-refractivity contribution in [2.75, 3.05) is 6.61 Å². The molecule has 1 rings (SSSR count). The zero-order valence-electron chi connectivity index (χ0n) is 10.3. The summed E-state index contributed by atoms with van der Waals surface area (Å²) in [5.41, 5.74) is 0.0971. The molecule has 0 heterocycles. The number of rotatable bonds is 5. The highest BCUT2D eigenvalue weighted by Gasteiger charge is 2.37. The van der Waals surface area contributed by atoms with Gasteiger partial charge in [-0.1, -0.05) is 19.1 Å². The summed E-state index contributed by atoms with van der Waals surface area (Å²) < 4.78 is 54.9. The highest BCUT2D eigenvalue weighted by atomic mass is 19.4. The van der Waals surface area contributed by atoms with Crippen LogP contribution >= 0.6 is 0 Å². The largest absolute Gasteiger partial charge is 0.465 e. The Balaban J connectivity index is 2.91. The van der Waals surface area contributed by atoms with E-state index in [0.717, 1.165) is 12.1 Å². The summed E-state index contributed by atoms with van der Waals surface area (Å²) >= 11 is 0. The van der Waals surface area contributed by atoms with Crippen LogP contribution in [0.4, 0.5) is 17.6 Å². The Morgan fingerprint density at radius 1 is 1.26 bits per heavy atom. The summed E-state index contributed by atoms with van der Waals surface area (Å²) in [6.45, 7) is 1.80. The van der Waals surface area contributed by atoms with E-state index in [1.165, 1.54) is 12.1 Å². The van der Waals surface area contributed by atoms with Gasteiger partial charge < -0.3 is 4.74 Å². The van der Waals surface area contributed by atoms with Gasteiger partial charge in [0, 0.05) is 0 Å². The summed E-state index contributed by atoms with van der Waals surface area (Å²) in [6, 6.07) is 4.37. The van der Waals surface area contributed by atoms with E-state index in [2.05, 4.69) is 0 Å². The topological polar surface area (TPSA) is 26.3 Å². The van der Waals surface area contributed by atoms with Gasteiger partial charge in [0.2, 0.25) is 0 Å². The standard InChI is InChI=1S/C13H14F4O2/c1-2-7-19-12(18)11(8-13(15,16)17)9-3-5-10(14)6-4-9/h3-6,11H,2,7-8H2,1H3. The molecule has 0 spiro atoms. The van der Waals surface area contributed by atoms with Crippen molar-refractivity contribution < 1.29 is 27.1 Å². The van der Waals surface area contributed by atoms with Gasteiger partial charge in [-0.2, -0.15) is 13.2 Å². The van der Waals surface area contributed by atoms with E-state index in [1.54, 1.807) is 6.92 Å². The molecule has 1 atom stereocenters. The van der Waals surface area contributed by atoms with E-state index in [-0.39, 0.29) is 12.2 Å². The molecule has 1 unspecified atom stereocenters. The predicted octanol–water partition coefficient (Wildman–Crippen LogP) is 3.81. The normalized spacial score (nSPS) is 13.1. The zero-order valence-corrected chi connectivity index (χ0v) is 10.3. The Morgan fingerprint density at radius 3 is 2.32 bits per heavy atom. The quantitative estimate of drug-likeness (QED) is 0.604. The van der Waals surface area contributed by atoms with Gasteiger partial charge >= 0.3 is 12.1 Å². The Kier molecular flexibility index (Phi) is 5.32. The van der Waals surface area contributed by atoms with Crippen LogP contribution in [0, 0.1) is 5.82 Å². The third-order valence-electron chi connectivity index (χ3n) is 2.44. The molecule has 0 aromatic heterocycles. The molecule has 1 aromatic rings. The van der Waals surface area contributed by atoms with E-state index in [0.29, 0.717) is 6.42 Å². The van der Waals surface area contributed by atoms with Crippen LogP contribution in [0.15, 0.2) is 24.3 Å². The monoisotopic (exact) mass is 278 g/mol. The summed E-state index contributed by atoms with van der Waals surface area (Å²) in [5, 5.41) is 0. The average Bonchev–Trinajstić information content (AvgIpc) is 2.33. The van der Waals surface area contributed by atoms with E-state index < -0.39 is 30.3 Å². The lowest BCUT2D eigenvalue weighted by atomic mass is 9.95.